The van der Waals surface area contributed by atoms with Crippen LogP contribution >= 0.6 is 15.9 Å². The van der Waals surface area contributed by atoms with Crippen molar-refractivity contribution >= 4 is 33.7 Å². The van der Waals surface area contributed by atoms with E-state index in [4.69, 9.17) is 9.47 Å². The molecule has 0 saturated carbocycles. The van der Waals surface area contributed by atoms with Crippen molar-refractivity contribution in [2.45, 2.75) is 19.9 Å². The van der Waals surface area contributed by atoms with Crippen LogP contribution in [0.15, 0.2) is 70.0 Å². The maximum atomic E-state index is 14.1. The molecule has 1 aromatic rings. The number of esters is 2. The van der Waals surface area contributed by atoms with E-state index in [1.165, 1.54) is 18.2 Å². The lowest BCUT2D eigenvalue weighted by Crippen LogP contribution is -2.44. The van der Waals surface area contributed by atoms with E-state index < -0.39 is 40.9 Å². The summed E-state index contributed by atoms with van der Waals surface area (Å²) in [7, 11) is 0. The van der Waals surface area contributed by atoms with Gasteiger partial charge in [0.15, 0.2) is 5.78 Å². The molecule has 2 N–H and O–H groups in total. The Kier molecular flexibility index (Phi) is 6.74. The molecule has 0 bridgehead atoms. The fourth-order valence-corrected chi connectivity index (χ4v) is 5.33. The highest BCUT2D eigenvalue weighted by molar-refractivity contribution is 9.11. The van der Waals surface area contributed by atoms with Gasteiger partial charge >= 0.3 is 11.9 Å². The molecule has 34 heavy (non-hydrogen) atoms. The minimum absolute atomic E-state index is 0.116. The smallest absolute Gasteiger partial charge is 0.354 e. The summed E-state index contributed by atoms with van der Waals surface area (Å²) >= 11 is 3.60. The van der Waals surface area contributed by atoms with Gasteiger partial charge in [-0.2, -0.15) is 0 Å². The van der Waals surface area contributed by atoms with Gasteiger partial charge in [-0.25, -0.2) is 14.0 Å². The third kappa shape index (κ3) is 3.98. The first-order valence-corrected chi connectivity index (χ1v) is 11.8. The molecule has 0 aromatic heterocycles. The third-order valence-corrected chi connectivity index (χ3v) is 6.79. The van der Waals surface area contributed by atoms with E-state index in [-0.39, 0.29) is 31.0 Å². The van der Waals surface area contributed by atoms with Gasteiger partial charge in [0.05, 0.1) is 24.5 Å². The molecule has 9 heteroatoms. The van der Waals surface area contributed by atoms with Crippen LogP contribution in [0, 0.1) is 17.2 Å². The van der Waals surface area contributed by atoms with Gasteiger partial charge in [-0.1, -0.05) is 40.2 Å². The van der Waals surface area contributed by atoms with E-state index in [2.05, 4.69) is 26.6 Å². The number of carbonyl (C=O) groups excluding carboxylic acids is 3. The molecule has 4 rings (SSSR count). The molecule has 178 valence electrons. The second kappa shape index (κ2) is 9.58. The van der Waals surface area contributed by atoms with E-state index in [0.717, 1.165) is 6.07 Å². The summed E-state index contributed by atoms with van der Waals surface area (Å²) in [6.07, 6.45) is 7.04. The number of carbonyl (C=O) groups is 3. The molecular formula is C25H24BrFN2O5. The molecule has 1 spiro atoms. The van der Waals surface area contributed by atoms with Gasteiger partial charge in [-0.05, 0) is 43.7 Å². The van der Waals surface area contributed by atoms with Crippen LogP contribution in [-0.2, 0) is 19.1 Å². The SMILES string of the molecule is CCOC(=O)C1=CC23C(=CC=CC2=C(Br)CN1)NC(C(=O)OCC)C3C(=O)c1cccc(F)c1. The number of ether oxygens (including phenoxy) is 2. The largest absolute Gasteiger partial charge is 0.464 e. The van der Waals surface area contributed by atoms with Gasteiger partial charge in [0.2, 0.25) is 0 Å². The fraction of sp³-hybridized carbons (Fsp3) is 0.320. The first kappa shape index (κ1) is 23.9. The van der Waals surface area contributed by atoms with Crippen molar-refractivity contribution < 1.29 is 28.2 Å². The monoisotopic (exact) mass is 530 g/mol. The molecule has 2 heterocycles. The number of Topliss-reactive ketones (excluding diaryl/α,β-unsaturated/α-hetero) is 1. The highest BCUT2D eigenvalue weighted by atomic mass is 79.9. The number of nitrogens with one attached hydrogen (secondary N) is 2. The second-order valence-corrected chi connectivity index (χ2v) is 8.94. The standard InChI is InChI=1S/C25H24BrFN2O5/c1-3-33-23(31)18-12-25-16(17(26)13-28-18)9-6-10-19(25)29-21(24(32)34-4-2)20(25)22(30)14-7-5-8-15(27)11-14/h5-12,20-21,28-29H,3-4,13H2,1-2H3. The van der Waals surface area contributed by atoms with Crippen LogP contribution in [0.25, 0.3) is 0 Å². The Morgan fingerprint density at radius 3 is 2.68 bits per heavy atom. The minimum atomic E-state index is -1.22. The number of allylic oxidation sites excluding steroid dienone is 4. The zero-order valence-corrected chi connectivity index (χ0v) is 20.3. The maximum absolute atomic E-state index is 14.1. The number of ketones is 1. The molecular weight excluding hydrogens is 507 g/mol. The number of halogens is 2. The predicted octanol–water partition coefficient (Wildman–Crippen LogP) is 3.30. The maximum Gasteiger partial charge on any atom is 0.354 e. The molecule has 1 aromatic carbocycles. The van der Waals surface area contributed by atoms with Crippen LogP contribution in [0.1, 0.15) is 24.2 Å². The summed E-state index contributed by atoms with van der Waals surface area (Å²) in [6, 6.07) is 4.28. The van der Waals surface area contributed by atoms with Crippen LogP contribution < -0.4 is 10.6 Å². The van der Waals surface area contributed by atoms with Gasteiger partial charge in [0.1, 0.15) is 17.6 Å². The summed E-state index contributed by atoms with van der Waals surface area (Å²) in [5, 5.41) is 6.23. The minimum Gasteiger partial charge on any atom is -0.464 e. The van der Waals surface area contributed by atoms with E-state index >= 15 is 0 Å². The number of hydrogen-bond acceptors (Lipinski definition) is 7. The first-order chi connectivity index (χ1) is 16.3. The summed E-state index contributed by atoms with van der Waals surface area (Å²) in [5.41, 5.74) is 0.314. The summed E-state index contributed by atoms with van der Waals surface area (Å²) in [6.45, 7) is 3.94. The molecule has 1 fully saturated rings. The Bertz CT molecular complexity index is 1170. The Balaban J connectivity index is 1.97. The van der Waals surface area contributed by atoms with Crippen molar-refractivity contribution in [3.8, 4) is 0 Å². The van der Waals surface area contributed by atoms with Crippen molar-refractivity contribution in [3.63, 3.8) is 0 Å². The summed E-state index contributed by atoms with van der Waals surface area (Å²) in [5.74, 6) is -3.27. The second-order valence-electron chi connectivity index (χ2n) is 7.99. The lowest BCUT2D eigenvalue weighted by atomic mass is 9.64. The molecule has 1 saturated heterocycles. The quantitative estimate of drug-likeness (QED) is 0.430. The Morgan fingerprint density at radius 1 is 1.21 bits per heavy atom. The van der Waals surface area contributed by atoms with E-state index in [1.54, 1.807) is 32.1 Å². The van der Waals surface area contributed by atoms with Gasteiger partial charge in [0.25, 0.3) is 0 Å². The Morgan fingerprint density at radius 2 is 1.97 bits per heavy atom. The lowest BCUT2D eigenvalue weighted by molar-refractivity contribution is -0.146. The van der Waals surface area contributed by atoms with Crippen molar-refractivity contribution in [1.29, 1.82) is 0 Å². The van der Waals surface area contributed by atoms with Crippen molar-refractivity contribution in [1.82, 2.24) is 10.6 Å². The molecule has 3 unspecified atom stereocenters. The van der Waals surface area contributed by atoms with Crippen LogP contribution in [-0.4, -0.2) is 43.5 Å². The average molecular weight is 531 g/mol. The third-order valence-electron chi connectivity index (χ3n) is 6.08. The van der Waals surface area contributed by atoms with Crippen molar-refractivity contribution in [2.24, 2.45) is 11.3 Å². The highest BCUT2D eigenvalue weighted by Gasteiger charge is 2.60. The van der Waals surface area contributed by atoms with Crippen molar-refractivity contribution in [2.75, 3.05) is 19.8 Å². The van der Waals surface area contributed by atoms with Gasteiger partial charge in [-0.15, -0.1) is 0 Å². The topological polar surface area (TPSA) is 93.7 Å². The normalized spacial score (nSPS) is 25.1. The van der Waals surface area contributed by atoms with Gasteiger partial charge < -0.3 is 20.1 Å². The number of benzene rings is 1. The van der Waals surface area contributed by atoms with Gasteiger partial charge in [-0.3, -0.25) is 4.79 Å². The van der Waals surface area contributed by atoms with E-state index in [9.17, 15) is 18.8 Å². The van der Waals surface area contributed by atoms with Gasteiger partial charge in [0, 0.05) is 22.3 Å². The zero-order valence-electron chi connectivity index (χ0n) is 18.7. The van der Waals surface area contributed by atoms with Crippen LogP contribution in [0.5, 0.6) is 0 Å². The van der Waals surface area contributed by atoms with Crippen molar-refractivity contribution in [3.05, 3.63) is 81.4 Å². The number of rotatable bonds is 6. The highest BCUT2D eigenvalue weighted by Crippen LogP contribution is 2.55. The summed E-state index contributed by atoms with van der Waals surface area (Å²) < 4.78 is 25.3. The van der Waals surface area contributed by atoms with Crippen LogP contribution in [0.2, 0.25) is 0 Å². The molecule has 3 aliphatic rings. The molecule has 7 nitrogen and oxygen atoms in total. The molecule has 0 radical (unpaired) electrons. The fourth-order valence-electron chi connectivity index (χ4n) is 4.73. The first-order valence-electron chi connectivity index (χ1n) is 11.0. The average Bonchev–Trinajstić information content (AvgIpc) is 3.07. The van der Waals surface area contributed by atoms with Crippen LogP contribution in [0.3, 0.4) is 0 Å². The predicted molar refractivity (Wildman–Crippen MR) is 126 cm³/mol. The number of hydrogen-bond donors (Lipinski definition) is 2. The Hall–Kier alpha value is -3.20. The van der Waals surface area contributed by atoms with Crippen LogP contribution in [0.4, 0.5) is 4.39 Å². The Labute approximate surface area is 204 Å². The summed E-state index contributed by atoms with van der Waals surface area (Å²) in [4.78, 5) is 39.8. The van der Waals surface area contributed by atoms with E-state index in [1.807, 2.05) is 6.08 Å². The lowest BCUT2D eigenvalue weighted by Gasteiger charge is -2.36. The zero-order chi connectivity index (χ0) is 24.5. The molecule has 1 aliphatic carbocycles. The van der Waals surface area contributed by atoms with E-state index in [0.29, 0.717) is 15.8 Å². The molecule has 3 atom stereocenters. The molecule has 2 aliphatic heterocycles. The molecule has 0 amide bonds.